The summed E-state index contributed by atoms with van der Waals surface area (Å²) in [4.78, 5) is 38.7. The van der Waals surface area contributed by atoms with Crippen LogP contribution in [0.5, 0.6) is 5.75 Å². The number of carbonyl (C=O) groups is 3. The van der Waals surface area contributed by atoms with E-state index >= 15 is 0 Å². The Hall–Kier alpha value is -2.89. The van der Waals surface area contributed by atoms with Crippen LogP contribution in [-0.4, -0.2) is 30.0 Å². The first-order chi connectivity index (χ1) is 10.6. The van der Waals surface area contributed by atoms with Crippen LogP contribution in [0, 0.1) is 0 Å². The molecule has 1 fully saturated rings. The zero-order chi connectivity index (χ0) is 15.9. The summed E-state index contributed by atoms with van der Waals surface area (Å²) in [5.74, 6) is -1.01. The molecule has 0 radical (unpaired) electrons. The van der Waals surface area contributed by atoms with E-state index in [1.165, 1.54) is 6.08 Å². The number of hydrogen-bond acceptors (Lipinski definition) is 5. The monoisotopic (exact) mass is 301 g/mol. The SMILES string of the molecule is COc1ccc(C=CC=CC(=O)ON2C(=O)CCC2=O)cc1. The lowest BCUT2D eigenvalue weighted by molar-refractivity contribution is -0.193. The Bertz CT molecular complexity index is 614. The van der Waals surface area contributed by atoms with Crippen LogP contribution < -0.4 is 4.74 Å². The molecule has 0 atom stereocenters. The first-order valence-electron chi connectivity index (χ1n) is 6.66. The Kier molecular flexibility index (Phi) is 5.08. The maximum absolute atomic E-state index is 11.5. The van der Waals surface area contributed by atoms with Crippen molar-refractivity contribution in [3.63, 3.8) is 0 Å². The Morgan fingerprint density at radius 2 is 1.73 bits per heavy atom. The highest BCUT2D eigenvalue weighted by atomic mass is 16.7. The average molecular weight is 301 g/mol. The number of rotatable bonds is 5. The molecule has 1 aliphatic heterocycles. The molecule has 0 bridgehead atoms. The first kappa shape index (κ1) is 15.5. The lowest BCUT2D eigenvalue weighted by Crippen LogP contribution is -2.31. The second kappa shape index (κ2) is 7.21. The summed E-state index contributed by atoms with van der Waals surface area (Å²) in [6, 6.07) is 7.37. The van der Waals surface area contributed by atoms with Crippen molar-refractivity contribution in [1.82, 2.24) is 5.06 Å². The average Bonchev–Trinajstić information content (AvgIpc) is 2.84. The van der Waals surface area contributed by atoms with Gasteiger partial charge in [0.15, 0.2) is 0 Å². The Labute approximate surface area is 127 Å². The molecule has 1 aliphatic rings. The van der Waals surface area contributed by atoms with Crippen LogP contribution in [0.4, 0.5) is 0 Å². The minimum absolute atomic E-state index is 0.0766. The second-order valence-corrected chi connectivity index (χ2v) is 4.48. The quantitative estimate of drug-likeness (QED) is 0.471. The van der Waals surface area contributed by atoms with E-state index in [0.29, 0.717) is 5.06 Å². The third kappa shape index (κ3) is 4.05. The number of hydroxylamine groups is 2. The van der Waals surface area contributed by atoms with E-state index in [9.17, 15) is 14.4 Å². The van der Waals surface area contributed by atoms with Crippen molar-refractivity contribution in [2.24, 2.45) is 0 Å². The number of allylic oxidation sites excluding steroid dienone is 2. The molecule has 0 unspecified atom stereocenters. The van der Waals surface area contributed by atoms with Gasteiger partial charge in [0, 0.05) is 18.9 Å². The number of benzene rings is 1. The zero-order valence-corrected chi connectivity index (χ0v) is 12.0. The van der Waals surface area contributed by atoms with Gasteiger partial charge in [-0.25, -0.2) is 4.79 Å². The molecule has 114 valence electrons. The van der Waals surface area contributed by atoms with Gasteiger partial charge >= 0.3 is 5.97 Å². The summed E-state index contributed by atoms with van der Waals surface area (Å²) in [7, 11) is 1.59. The molecule has 0 aliphatic carbocycles. The normalized spacial score (nSPS) is 15.0. The van der Waals surface area contributed by atoms with Crippen LogP contribution in [0.25, 0.3) is 6.08 Å². The molecule has 0 spiro atoms. The van der Waals surface area contributed by atoms with Gasteiger partial charge < -0.3 is 9.57 Å². The highest BCUT2D eigenvalue weighted by Crippen LogP contribution is 2.13. The molecule has 0 N–H and O–H groups in total. The highest BCUT2D eigenvalue weighted by Gasteiger charge is 2.32. The molecular weight excluding hydrogens is 286 g/mol. The summed E-state index contributed by atoms with van der Waals surface area (Å²) in [5.41, 5.74) is 0.934. The van der Waals surface area contributed by atoms with Gasteiger partial charge in [-0.05, 0) is 17.7 Å². The molecule has 0 saturated carbocycles. The van der Waals surface area contributed by atoms with Gasteiger partial charge in [0.1, 0.15) is 5.75 Å². The van der Waals surface area contributed by atoms with E-state index in [0.717, 1.165) is 17.4 Å². The molecule has 6 nitrogen and oxygen atoms in total. The summed E-state index contributed by atoms with van der Waals surface area (Å²) < 4.78 is 5.05. The number of imide groups is 1. The lowest BCUT2D eigenvalue weighted by Gasteiger charge is -2.10. The van der Waals surface area contributed by atoms with Crippen molar-refractivity contribution in [2.45, 2.75) is 12.8 Å². The van der Waals surface area contributed by atoms with Gasteiger partial charge in [-0.2, -0.15) is 0 Å². The Balaban J connectivity index is 1.85. The van der Waals surface area contributed by atoms with E-state index in [-0.39, 0.29) is 12.8 Å². The molecule has 0 aromatic heterocycles. The van der Waals surface area contributed by atoms with E-state index in [2.05, 4.69) is 4.84 Å². The molecule has 2 amide bonds. The first-order valence-corrected chi connectivity index (χ1v) is 6.66. The third-order valence-electron chi connectivity index (χ3n) is 2.93. The molecule has 1 aromatic rings. The van der Waals surface area contributed by atoms with Crippen molar-refractivity contribution >= 4 is 23.9 Å². The maximum Gasteiger partial charge on any atom is 0.356 e. The van der Waals surface area contributed by atoms with Crippen LogP contribution in [0.3, 0.4) is 0 Å². The van der Waals surface area contributed by atoms with Crippen LogP contribution >= 0.6 is 0 Å². The lowest BCUT2D eigenvalue weighted by atomic mass is 10.2. The fourth-order valence-electron chi connectivity index (χ4n) is 1.79. The van der Waals surface area contributed by atoms with Gasteiger partial charge in [-0.1, -0.05) is 30.4 Å². The van der Waals surface area contributed by atoms with Gasteiger partial charge in [-0.3, -0.25) is 9.59 Å². The van der Waals surface area contributed by atoms with Crippen LogP contribution in [-0.2, 0) is 19.2 Å². The number of nitrogens with zero attached hydrogens (tertiary/aromatic N) is 1. The zero-order valence-electron chi connectivity index (χ0n) is 12.0. The highest BCUT2D eigenvalue weighted by molar-refractivity contribution is 6.02. The summed E-state index contributed by atoms with van der Waals surface area (Å²) >= 11 is 0. The summed E-state index contributed by atoms with van der Waals surface area (Å²) in [6.07, 6.45) is 6.20. The predicted molar refractivity (Wildman–Crippen MR) is 78.3 cm³/mol. The van der Waals surface area contributed by atoms with Crippen molar-refractivity contribution in [2.75, 3.05) is 7.11 Å². The van der Waals surface area contributed by atoms with Gasteiger partial charge in [-0.15, -0.1) is 5.06 Å². The topological polar surface area (TPSA) is 72.9 Å². The smallest absolute Gasteiger partial charge is 0.356 e. The Morgan fingerprint density at radius 3 is 2.32 bits per heavy atom. The van der Waals surface area contributed by atoms with E-state index in [4.69, 9.17) is 4.74 Å². The number of methoxy groups -OCH3 is 1. The minimum atomic E-state index is -0.775. The van der Waals surface area contributed by atoms with Crippen molar-refractivity contribution < 1.29 is 24.0 Å². The summed E-state index contributed by atoms with van der Waals surface area (Å²) in [5, 5.41) is 0.514. The molecule has 2 rings (SSSR count). The molecule has 6 heteroatoms. The van der Waals surface area contributed by atoms with Gasteiger partial charge in [0.05, 0.1) is 7.11 Å². The van der Waals surface area contributed by atoms with Crippen molar-refractivity contribution in [3.8, 4) is 5.75 Å². The van der Waals surface area contributed by atoms with Crippen molar-refractivity contribution in [3.05, 3.63) is 48.1 Å². The molecule has 1 saturated heterocycles. The Morgan fingerprint density at radius 1 is 1.09 bits per heavy atom. The maximum atomic E-state index is 11.5. The molecule has 22 heavy (non-hydrogen) atoms. The van der Waals surface area contributed by atoms with Crippen LogP contribution in [0.1, 0.15) is 18.4 Å². The van der Waals surface area contributed by atoms with Crippen LogP contribution in [0.15, 0.2) is 42.5 Å². The van der Waals surface area contributed by atoms with Gasteiger partial charge in [0.2, 0.25) is 0 Å². The third-order valence-corrected chi connectivity index (χ3v) is 2.93. The van der Waals surface area contributed by atoms with Crippen molar-refractivity contribution in [1.29, 1.82) is 0 Å². The van der Waals surface area contributed by atoms with Crippen LogP contribution in [0.2, 0.25) is 0 Å². The number of ether oxygens (including phenoxy) is 1. The number of hydrogen-bond donors (Lipinski definition) is 0. The molecular formula is C16H15NO5. The van der Waals surface area contributed by atoms with E-state index in [1.807, 2.05) is 24.3 Å². The fourth-order valence-corrected chi connectivity index (χ4v) is 1.79. The number of carbonyl (C=O) groups excluding carboxylic acids is 3. The number of amides is 2. The predicted octanol–water partition coefficient (Wildman–Crippen LogP) is 1.87. The summed E-state index contributed by atoms with van der Waals surface area (Å²) in [6.45, 7) is 0. The largest absolute Gasteiger partial charge is 0.497 e. The van der Waals surface area contributed by atoms with Gasteiger partial charge in [0.25, 0.3) is 11.8 Å². The second-order valence-electron chi connectivity index (χ2n) is 4.48. The molecule has 1 heterocycles. The van der Waals surface area contributed by atoms with E-state index in [1.54, 1.807) is 19.3 Å². The fraction of sp³-hybridized carbons (Fsp3) is 0.188. The molecule has 1 aromatic carbocycles. The van der Waals surface area contributed by atoms with E-state index < -0.39 is 17.8 Å². The minimum Gasteiger partial charge on any atom is -0.497 e. The standard InChI is InChI=1S/C16H15NO5/c1-21-13-8-6-12(7-9-13)4-2-3-5-16(20)22-17-14(18)10-11-15(17)19/h2-9H,10-11H2,1H3.